The summed E-state index contributed by atoms with van der Waals surface area (Å²) in [5.41, 5.74) is 2.99. The minimum absolute atomic E-state index is 0.00234. The maximum atomic E-state index is 9.52. The van der Waals surface area contributed by atoms with Crippen molar-refractivity contribution in [2.75, 3.05) is 0 Å². The molecule has 0 aliphatic rings. The summed E-state index contributed by atoms with van der Waals surface area (Å²) in [6, 6.07) is 4.26. The largest absolute Gasteiger partial charge is 0.508 e. The van der Waals surface area contributed by atoms with Crippen LogP contribution in [0.15, 0.2) is 23.3 Å². The number of phenolic OH excluding ortho intramolecular Hbond substituents is 2. The minimum atomic E-state index is -0.139. The monoisotopic (exact) mass is 267 g/mol. The van der Waals surface area contributed by atoms with Gasteiger partial charge in [0, 0.05) is 17.2 Å². The van der Waals surface area contributed by atoms with Crippen molar-refractivity contribution >= 4 is 23.5 Å². The smallest absolute Gasteiger partial charge is 0.187 e. The first-order valence-corrected chi connectivity index (χ1v) is 5.82. The van der Waals surface area contributed by atoms with Crippen LogP contribution in [0.5, 0.6) is 11.5 Å². The molecule has 0 unspecified atom stereocenters. The van der Waals surface area contributed by atoms with E-state index in [2.05, 4.69) is 15.8 Å². The Hall–Kier alpha value is -1.82. The van der Waals surface area contributed by atoms with E-state index in [1.54, 1.807) is 6.07 Å². The number of hydrazone groups is 1. The number of rotatable bonds is 2. The molecule has 18 heavy (non-hydrogen) atoms. The van der Waals surface area contributed by atoms with E-state index in [0.29, 0.717) is 10.7 Å². The lowest BCUT2D eigenvalue weighted by molar-refractivity contribution is 0.450. The van der Waals surface area contributed by atoms with Gasteiger partial charge >= 0.3 is 0 Å². The van der Waals surface area contributed by atoms with Crippen molar-refractivity contribution in [2.45, 2.75) is 26.3 Å². The predicted octanol–water partition coefficient (Wildman–Crippen LogP) is 1.69. The van der Waals surface area contributed by atoms with Gasteiger partial charge in [0.15, 0.2) is 5.11 Å². The molecule has 0 heterocycles. The SMILES string of the molecule is CC(C)(C)NC(=S)N/N=C/c1ccc(O)cc1O. The number of hydrogen-bond donors (Lipinski definition) is 4. The van der Waals surface area contributed by atoms with Gasteiger partial charge in [0.25, 0.3) is 0 Å². The molecule has 0 amide bonds. The Morgan fingerprint density at radius 3 is 2.56 bits per heavy atom. The molecular weight excluding hydrogens is 250 g/mol. The second-order valence-electron chi connectivity index (χ2n) is 4.82. The number of nitrogens with one attached hydrogen (secondary N) is 2. The molecule has 0 saturated carbocycles. The van der Waals surface area contributed by atoms with Crippen LogP contribution in [0.1, 0.15) is 26.3 Å². The van der Waals surface area contributed by atoms with Crippen LogP contribution in [0.2, 0.25) is 0 Å². The van der Waals surface area contributed by atoms with E-state index in [0.717, 1.165) is 0 Å². The van der Waals surface area contributed by atoms with Gasteiger partial charge in [0.1, 0.15) is 11.5 Å². The Morgan fingerprint density at radius 2 is 2.00 bits per heavy atom. The van der Waals surface area contributed by atoms with Crippen LogP contribution in [0, 0.1) is 0 Å². The summed E-state index contributed by atoms with van der Waals surface area (Å²) in [6.45, 7) is 5.95. The lowest BCUT2D eigenvalue weighted by Crippen LogP contribution is -2.44. The molecule has 1 rings (SSSR count). The normalized spacial score (nSPS) is 11.5. The second-order valence-corrected chi connectivity index (χ2v) is 5.23. The molecule has 0 aliphatic carbocycles. The molecule has 0 aromatic heterocycles. The van der Waals surface area contributed by atoms with E-state index in [1.165, 1.54) is 18.3 Å². The van der Waals surface area contributed by atoms with Crippen LogP contribution in [-0.2, 0) is 0 Å². The maximum absolute atomic E-state index is 9.52. The van der Waals surface area contributed by atoms with E-state index in [9.17, 15) is 5.11 Å². The molecule has 0 spiro atoms. The second kappa shape index (κ2) is 5.68. The standard InChI is InChI=1S/C12H17N3O2S/c1-12(2,3)14-11(18)15-13-7-8-4-5-9(16)6-10(8)17/h4-7,16-17H,1-3H3,(H2,14,15,18)/b13-7+. The Morgan fingerprint density at radius 1 is 1.33 bits per heavy atom. The zero-order valence-corrected chi connectivity index (χ0v) is 11.4. The Labute approximate surface area is 112 Å². The average Bonchev–Trinajstić information content (AvgIpc) is 2.18. The van der Waals surface area contributed by atoms with Crippen LogP contribution in [0.25, 0.3) is 0 Å². The van der Waals surface area contributed by atoms with Crippen molar-refractivity contribution < 1.29 is 10.2 Å². The summed E-state index contributed by atoms with van der Waals surface area (Å²) in [7, 11) is 0. The third kappa shape index (κ3) is 5.01. The highest BCUT2D eigenvalue weighted by Crippen LogP contribution is 2.20. The highest BCUT2D eigenvalue weighted by molar-refractivity contribution is 7.80. The van der Waals surface area contributed by atoms with Crippen molar-refractivity contribution in [1.82, 2.24) is 10.7 Å². The van der Waals surface area contributed by atoms with Crippen molar-refractivity contribution in [3.8, 4) is 11.5 Å². The van der Waals surface area contributed by atoms with E-state index in [-0.39, 0.29) is 17.0 Å². The quantitative estimate of drug-likeness (QED) is 0.373. The molecule has 6 heteroatoms. The molecule has 0 atom stereocenters. The van der Waals surface area contributed by atoms with Crippen molar-refractivity contribution in [1.29, 1.82) is 0 Å². The number of hydrogen-bond acceptors (Lipinski definition) is 4. The van der Waals surface area contributed by atoms with Crippen LogP contribution in [-0.4, -0.2) is 27.1 Å². The number of benzene rings is 1. The van der Waals surface area contributed by atoms with Gasteiger partial charge in [-0.1, -0.05) is 0 Å². The summed E-state index contributed by atoms with van der Waals surface area (Å²) >= 11 is 5.03. The molecular formula is C12H17N3O2S. The summed E-state index contributed by atoms with van der Waals surface area (Å²) in [6.07, 6.45) is 1.42. The molecule has 4 N–H and O–H groups in total. The number of phenols is 2. The predicted molar refractivity (Wildman–Crippen MR) is 76.0 cm³/mol. The summed E-state index contributed by atoms with van der Waals surface area (Å²) < 4.78 is 0. The molecule has 1 aromatic rings. The van der Waals surface area contributed by atoms with E-state index >= 15 is 0 Å². The Bertz CT molecular complexity index is 467. The third-order valence-corrected chi connectivity index (χ3v) is 2.07. The van der Waals surface area contributed by atoms with Crippen LogP contribution < -0.4 is 10.7 Å². The first kappa shape index (κ1) is 14.2. The fraction of sp³-hybridized carbons (Fsp3) is 0.333. The van der Waals surface area contributed by atoms with E-state index in [1.807, 2.05) is 20.8 Å². The zero-order chi connectivity index (χ0) is 13.8. The summed E-state index contributed by atoms with van der Waals surface area (Å²) in [4.78, 5) is 0. The van der Waals surface area contributed by atoms with Crippen LogP contribution in [0.3, 0.4) is 0 Å². The van der Waals surface area contributed by atoms with Gasteiger partial charge in [0.05, 0.1) is 6.21 Å². The number of nitrogens with zero attached hydrogens (tertiary/aromatic N) is 1. The topological polar surface area (TPSA) is 76.9 Å². The molecule has 0 aliphatic heterocycles. The summed E-state index contributed by atoms with van der Waals surface area (Å²) in [5.74, 6) is -0.0437. The molecule has 0 bridgehead atoms. The van der Waals surface area contributed by atoms with Crippen LogP contribution in [0.4, 0.5) is 0 Å². The molecule has 5 nitrogen and oxygen atoms in total. The molecule has 0 radical (unpaired) electrons. The fourth-order valence-corrected chi connectivity index (χ4v) is 1.53. The number of aromatic hydroxyl groups is 2. The first-order chi connectivity index (χ1) is 8.28. The van der Waals surface area contributed by atoms with Crippen molar-refractivity contribution in [3.05, 3.63) is 23.8 Å². The highest BCUT2D eigenvalue weighted by atomic mass is 32.1. The third-order valence-electron chi connectivity index (χ3n) is 1.87. The van der Waals surface area contributed by atoms with Gasteiger partial charge in [-0.2, -0.15) is 5.10 Å². The summed E-state index contributed by atoms with van der Waals surface area (Å²) in [5, 5.41) is 26.0. The van der Waals surface area contributed by atoms with Gasteiger partial charge in [-0.25, -0.2) is 0 Å². The van der Waals surface area contributed by atoms with Crippen LogP contribution >= 0.6 is 12.2 Å². The molecule has 0 fully saturated rings. The molecule has 98 valence electrons. The van der Waals surface area contributed by atoms with Gasteiger partial charge in [-0.3, -0.25) is 5.43 Å². The Kier molecular flexibility index (Phi) is 4.49. The van der Waals surface area contributed by atoms with Crippen molar-refractivity contribution in [2.24, 2.45) is 5.10 Å². The fourth-order valence-electron chi connectivity index (χ4n) is 1.17. The maximum Gasteiger partial charge on any atom is 0.187 e. The van der Waals surface area contributed by atoms with Gasteiger partial charge in [-0.05, 0) is 45.1 Å². The highest BCUT2D eigenvalue weighted by Gasteiger charge is 2.10. The first-order valence-electron chi connectivity index (χ1n) is 5.41. The average molecular weight is 267 g/mol. The lowest BCUT2D eigenvalue weighted by Gasteiger charge is -2.21. The lowest BCUT2D eigenvalue weighted by atomic mass is 10.1. The van der Waals surface area contributed by atoms with Gasteiger partial charge < -0.3 is 15.5 Å². The number of thiocarbonyl (C=S) groups is 1. The minimum Gasteiger partial charge on any atom is -0.508 e. The zero-order valence-electron chi connectivity index (χ0n) is 10.6. The van der Waals surface area contributed by atoms with Gasteiger partial charge in [0.2, 0.25) is 0 Å². The van der Waals surface area contributed by atoms with Gasteiger partial charge in [-0.15, -0.1) is 0 Å². The molecule has 1 aromatic carbocycles. The van der Waals surface area contributed by atoms with E-state index in [4.69, 9.17) is 17.3 Å². The Balaban J connectivity index is 2.58. The van der Waals surface area contributed by atoms with Crippen molar-refractivity contribution in [3.63, 3.8) is 0 Å². The van der Waals surface area contributed by atoms with E-state index < -0.39 is 0 Å². The molecule has 0 saturated heterocycles.